The van der Waals surface area contributed by atoms with Gasteiger partial charge in [-0.3, -0.25) is 9.78 Å². The summed E-state index contributed by atoms with van der Waals surface area (Å²) in [6, 6.07) is 11.4. The number of H-pyrrole nitrogens is 1. The third-order valence-electron chi connectivity index (χ3n) is 6.45. The van der Waals surface area contributed by atoms with E-state index in [4.69, 9.17) is 15.7 Å². The van der Waals surface area contributed by atoms with Crippen molar-refractivity contribution in [2.24, 2.45) is 11.1 Å². The molecule has 34 heavy (non-hydrogen) atoms. The molecule has 0 unspecified atom stereocenters. The number of aromatic amines is 1. The van der Waals surface area contributed by atoms with Crippen LogP contribution in [0.25, 0.3) is 11.1 Å². The van der Waals surface area contributed by atoms with Gasteiger partial charge in [-0.05, 0) is 55.6 Å². The van der Waals surface area contributed by atoms with E-state index in [0.717, 1.165) is 37.0 Å². The molecule has 2 aromatic heterocycles. The fourth-order valence-electron chi connectivity index (χ4n) is 4.51. The molecule has 0 aliphatic heterocycles. The van der Waals surface area contributed by atoms with Gasteiger partial charge in [0.1, 0.15) is 5.39 Å². The van der Waals surface area contributed by atoms with Crippen molar-refractivity contribution >= 4 is 16.8 Å². The van der Waals surface area contributed by atoms with Gasteiger partial charge in [0.2, 0.25) is 5.71 Å². The van der Waals surface area contributed by atoms with Crippen molar-refractivity contribution in [1.82, 2.24) is 9.97 Å². The molecule has 0 spiro atoms. The predicted molar refractivity (Wildman–Crippen MR) is 132 cm³/mol. The van der Waals surface area contributed by atoms with Crippen LogP contribution in [-0.2, 0) is 11.8 Å². The SMILES string of the molecule is C#CC1(c2ccccc2)CCC(=NOc2nc3oc(=O)cc(CCCC(C)C)c3c(=O)[nH]2)CC1. The molecule has 1 aliphatic carbocycles. The first-order valence-corrected chi connectivity index (χ1v) is 11.7. The molecule has 3 aromatic rings. The molecule has 7 heteroatoms. The lowest BCUT2D eigenvalue weighted by Gasteiger charge is -2.33. The highest BCUT2D eigenvalue weighted by molar-refractivity contribution is 5.85. The lowest BCUT2D eigenvalue weighted by Crippen LogP contribution is -2.30. The van der Waals surface area contributed by atoms with Crippen molar-refractivity contribution in [1.29, 1.82) is 0 Å². The third kappa shape index (κ3) is 5.12. The average molecular weight is 460 g/mol. The monoisotopic (exact) mass is 459 g/mol. The van der Waals surface area contributed by atoms with E-state index in [0.29, 0.717) is 30.7 Å². The molecule has 0 amide bonds. The normalized spacial score (nSPS) is 18.1. The summed E-state index contributed by atoms with van der Waals surface area (Å²) in [5.41, 5.74) is 1.31. The highest BCUT2D eigenvalue weighted by atomic mass is 16.6. The maximum Gasteiger partial charge on any atom is 0.337 e. The number of nitrogens with zero attached hydrogens (tertiary/aromatic N) is 2. The number of nitrogens with one attached hydrogen (secondary N) is 1. The maximum atomic E-state index is 12.8. The first-order valence-electron chi connectivity index (χ1n) is 11.7. The smallest absolute Gasteiger partial charge is 0.337 e. The Labute approximate surface area is 198 Å². The van der Waals surface area contributed by atoms with Crippen LogP contribution >= 0.6 is 0 Å². The molecule has 1 aromatic carbocycles. The van der Waals surface area contributed by atoms with Crippen LogP contribution in [0.15, 0.2) is 55.6 Å². The van der Waals surface area contributed by atoms with E-state index >= 15 is 0 Å². The van der Waals surface area contributed by atoms with Crippen LogP contribution in [0.4, 0.5) is 0 Å². The Kier molecular flexibility index (Phi) is 6.97. The number of rotatable bonds is 7. The molecule has 7 nitrogen and oxygen atoms in total. The molecule has 0 atom stereocenters. The first-order chi connectivity index (χ1) is 16.4. The van der Waals surface area contributed by atoms with Gasteiger partial charge in [0.15, 0.2) is 0 Å². The number of aromatic nitrogens is 2. The quantitative estimate of drug-likeness (QED) is 0.407. The van der Waals surface area contributed by atoms with Gasteiger partial charge in [0.05, 0.1) is 11.1 Å². The second-order valence-corrected chi connectivity index (χ2v) is 9.27. The van der Waals surface area contributed by atoms with Crippen LogP contribution in [-0.4, -0.2) is 15.7 Å². The molecule has 1 saturated carbocycles. The Morgan fingerprint density at radius 1 is 1.24 bits per heavy atom. The zero-order chi connectivity index (χ0) is 24.1. The van der Waals surface area contributed by atoms with Crippen molar-refractivity contribution in [3.63, 3.8) is 0 Å². The molecular weight excluding hydrogens is 430 g/mol. The van der Waals surface area contributed by atoms with Crippen LogP contribution in [0, 0.1) is 18.3 Å². The van der Waals surface area contributed by atoms with Crippen molar-refractivity contribution in [2.45, 2.75) is 64.2 Å². The van der Waals surface area contributed by atoms with Crippen molar-refractivity contribution in [3.8, 4) is 18.4 Å². The van der Waals surface area contributed by atoms with E-state index in [9.17, 15) is 9.59 Å². The molecule has 1 aliphatic rings. The summed E-state index contributed by atoms with van der Waals surface area (Å²) in [6.07, 6.45) is 11.2. The zero-order valence-electron chi connectivity index (χ0n) is 19.6. The van der Waals surface area contributed by atoms with E-state index < -0.39 is 11.2 Å². The fraction of sp³-hybridized carbons (Fsp3) is 0.407. The summed E-state index contributed by atoms with van der Waals surface area (Å²) in [7, 11) is 0. The van der Waals surface area contributed by atoms with Crippen LogP contribution in [0.3, 0.4) is 0 Å². The number of aryl methyl sites for hydroxylation is 1. The van der Waals surface area contributed by atoms with Gasteiger partial charge in [-0.15, -0.1) is 6.42 Å². The van der Waals surface area contributed by atoms with Gasteiger partial charge in [-0.1, -0.05) is 61.7 Å². The summed E-state index contributed by atoms with van der Waals surface area (Å²) >= 11 is 0. The lowest BCUT2D eigenvalue weighted by atomic mass is 9.69. The Morgan fingerprint density at radius 3 is 2.65 bits per heavy atom. The largest absolute Gasteiger partial charge is 0.403 e. The van der Waals surface area contributed by atoms with Crippen molar-refractivity contribution in [3.05, 3.63) is 68.3 Å². The summed E-state index contributed by atoms with van der Waals surface area (Å²) in [5.74, 6) is 3.53. The predicted octanol–water partition coefficient (Wildman–Crippen LogP) is 4.74. The van der Waals surface area contributed by atoms with Crippen LogP contribution in [0.2, 0.25) is 0 Å². The van der Waals surface area contributed by atoms with Gasteiger partial charge in [0.25, 0.3) is 5.56 Å². The molecule has 0 saturated heterocycles. The second-order valence-electron chi connectivity index (χ2n) is 9.27. The first kappa shape index (κ1) is 23.5. The number of hydrogen-bond donors (Lipinski definition) is 1. The van der Waals surface area contributed by atoms with Crippen molar-refractivity contribution in [2.75, 3.05) is 0 Å². The Hall–Kier alpha value is -3.66. The minimum atomic E-state index is -0.541. The number of hydrogen-bond acceptors (Lipinski definition) is 6. The molecule has 0 bridgehead atoms. The van der Waals surface area contributed by atoms with Gasteiger partial charge >= 0.3 is 11.6 Å². The van der Waals surface area contributed by atoms with E-state index in [1.807, 2.05) is 18.2 Å². The average Bonchev–Trinajstić information content (AvgIpc) is 2.83. The molecule has 176 valence electrons. The van der Waals surface area contributed by atoms with Gasteiger partial charge in [-0.2, -0.15) is 4.98 Å². The van der Waals surface area contributed by atoms with Gasteiger partial charge < -0.3 is 9.25 Å². The van der Waals surface area contributed by atoms with E-state index in [2.05, 4.69) is 47.0 Å². The van der Waals surface area contributed by atoms with Crippen LogP contribution in [0.5, 0.6) is 6.01 Å². The second kappa shape index (κ2) is 10.1. The fourth-order valence-corrected chi connectivity index (χ4v) is 4.51. The molecule has 0 radical (unpaired) electrons. The van der Waals surface area contributed by atoms with Crippen LogP contribution in [0.1, 0.15) is 63.5 Å². The topological polar surface area (TPSA) is 97.5 Å². The molecule has 4 rings (SSSR count). The van der Waals surface area contributed by atoms with E-state index in [1.54, 1.807) is 0 Å². The van der Waals surface area contributed by atoms with Gasteiger partial charge in [0, 0.05) is 6.07 Å². The van der Waals surface area contributed by atoms with Crippen LogP contribution < -0.4 is 16.0 Å². The Balaban J connectivity index is 1.50. The number of fused-ring (bicyclic) bond motifs is 1. The highest BCUT2D eigenvalue weighted by Crippen LogP contribution is 2.38. The lowest BCUT2D eigenvalue weighted by molar-refractivity contribution is 0.304. The number of benzene rings is 1. The third-order valence-corrected chi connectivity index (χ3v) is 6.45. The summed E-state index contributed by atoms with van der Waals surface area (Å²) in [6.45, 7) is 4.27. The van der Waals surface area contributed by atoms with Crippen molar-refractivity contribution < 1.29 is 9.25 Å². The maximum absolute atomic E-state index is 12.8. The van der Waals surface area contributed by atoms with Gasteiger partial charge in [-0.25, -0.2) is 4.79 Å². The van der Waals surface area contributed by atoms with E-state index in [-0.39, 0.29) is 22.5 Å². The standard InChI is InChI=1S/C27H29N3O4/c1-4-27(20-11-6-5-7-12-20)15-13-21(14-16-27)30-34-26-28-24(32)23-19(10-8-9-18(2)3)17-22(31)33-25(23)29-26/h1,5-7,11-12,17-18H,8-10,13-16H2,2-3H3,(H,28,29,32). The van der Waals surface area contributed by atoms with E-state index in [1.165, 1.54) is 6.07 Å². The summed E-state index contributed by atoms with van der Waals surface area (Å²) < 4.78 is 5.20. The minimum absolute atomic E-state index is 0.0370. The molecule has 1 N–H and O–H groups in total. The Morgan fingerprint density at radius 2 is 1.97 bits per heavy atom. The zero-order valence-corrected chi connectivity index (χ0v) is 19.6. The highest BCUT2D eigenvalue weighted by Gasteiger charge is 2.34. The number of terminal acetylenes is 1. The molecular formula is C27H29N3O4. The summed E-state index contributed by atoms with van der Waals surface area (Å²) in [5, 5.41) is 4.48. The Bertz CT molecular complexity index is 1340. The molecule has 2 heterocycles. The number of oxime groups is 1. The summed E-state index contributed by atoms with van der Waals surface area (Å²) in [4.78, 5) is 37.0. The molecule has 1 fully saturated rings. The minimum Gasteiger partial charge on any atom is -0.403 e.